The van der Waals surface area contributed by atoms with Crippen LogP contribution in [0.4, 0.5) is 0 Å². The maximum absolute atomic E-state index is 12.7. The molecule has 0 saturated carbocycles. The molecular formula is C26H25N5O2S. The van der Waals surface area contributed by atoms with Crippen LogP contribution in [-0.4, -0.2) is 45.7 Å². The number of piperidine rings is 1. The summed E-state index contributed by atoms with van der Waals surface area (Å²) in [6.45, 7) is 2.14. The van der Waals surface area contributed by atoms with Gasteiger partial charge in [0.25, 0.3) is 11.8 Å². The van der Waals surface area contributed by atoms with Gasteiger partial charge in [0.2, 0.25) is 0 Å². The number of thioether (sulfide) groups is 1. The number of imidazole rings is 1. The van der Waals surface area contributed by atoms with Crippen LogP contribution in [0.3, 0.4) is 0 Å². The van der Waals surface area contributed by atoms with E-state index in [0.717, 1.165) is 55.1 Å². The number of nitriles is 1. The van der Waals surface area contributed by atoms with Crippen LogP contribution < -0.4 is 5.32 Å². The minimum atomic E-state index is -0.0442. The average Bonchev–Trinajstić information content (AvgIpc) is 3.31. The molecule has 0 spiro atoms. The maximum Gasteiger partial charge on any atom is 0.258 e. The number of aromatic nitrogens is 2. The van der Waals surface area contributed by atoms with Crippen LogP contribution in [0.15, 0.2) is 58.6 Å². The van der Waals surface area contributed by atoms with Gasteiger partial charge in [-0.25, -0.2) is 4.98 Å². The van der Waals surface area contributed by atoms with Crippen LogP contribution in [0.25, 0.3) is 11.7 Å². The van der Waals surface area contributed by atoms with E-state index < -0.39 is 0 Å². The van der Waals surface area contributed by atoms with E-state index in [0.29, 0.717) is 28.5 Å². The van der Waals surface area contributed by atoms with E-state index in [-0.39, 0.29) is 11.8 Å². The molecule has 0 radical (unpaired) electrons. The smallest absolute Gasteiger partial charge is 0.258 e. The van der Waals surface area contributed by atoms with E-state index in [1.807, 2.05) is 29.2 Å². The highest BCUT2D eigenvalue weighted by Crippen LogP contribution is 2.34. The predicted molar refractivity (Wildman–Crippen MR) is 131 cm³/mol. The highest BCUT2D eigenvalue weighted by Gasteiger charge is 2.24. The van der Waals surface area contributed by atoms with E-state index in [9.17, 15) is 9.59 Å². The van der Waals surface area contributed by atoms with Crippen molar-refractivity contribution in [1.82, 2.24) is 19.6 Å². The molecule has 2 aliphatic rings. The Morgan fingerprint density at radius 3 is 2.71 bits per heavy atom. The Morgan fingerprint density at radius 2 is 1.94 bits per heavy atom. The quantitative estimate of drug-likeness (QED) is 0.547. The summed E-state index contributed by atoms with van der Waals surface area (Å²) in [7, 11) is 0. The standard InChI is InChI=1S/C26H25N5O2S/c27-16-19-6-8-20(9-7-19)26(33)30-13-10-18(11-14-30)3-2-12-28-25(32)22-15-21-17-29-23-4-1-5-24(34-22)31(21)23/h1,4-9,15,17-18H,2-3,10-14H2,(H,28,32). The summed E-state index contributed by atoms with van der Waals surface area (Å²) in [5, 5.41) is 13.0. The lowest BCUT2D eigenvalue weighted by molar-refractivity contribution is -0.116. The molecule has 1 N–H and O–H groups in total. The average molecular weight is 472 g/mol. The monoisotopic (exact) mass is 471 g/mol. The van der Waals surface area contributed by atoms with Gasteiger partial charge in [-0.3, -0.25) is 14.0 Å². The zero-order valence-corrected chi connectivity index (χ0v) is 19.6. The number of carbonyl (C=O) groups excluding carboxylic acids is 2. The van der Waals surface area contributed by atoms with Gasteiger partial charge in [0.15, 0.2) is 0 Å². The highest BCUT2D eigenvalue weighted by atomic mass is 32.2. The minimum absolute atomic E-state index is 0.0329. The zero-order chi connectivity index (χ0) is 23.5. The van der Waals surface area contributed by atoms with Crippen molar-refractivity contribution >= 4 is 35.3 Å². The van der Waals surface area contributed by atoms with E-state index in [2.05, 4.69) is 20.8 Å². The Kier molecular flexibility index (Phi) is 6.37. The van der Waals surface area contributed by atoms with E-state index in [1.54, 1.807) is 30.5 Å². The third-order valence-electron chi connectivity index (χ3n) is 6.48. The van der Waals surface area contributed by atoms with Crippen LogP contribution in [0, 0.1) is 17.2 Å². The number of nitrogens with one attached hydrogen (secondary N) is 1. The van der Waals surface area contributed by atoms with Gasteiger partial charge >= 0.3 is 0 Å². The second kappa shape index (κ2) is 9.74. The predicted octanol–water partition coefficient (Wildman–Crippen LogP) is 4.10. The van der Waals surface area contributed by atoms with Gasteiger partial charge in [0.05, 0.1) is 33.5 Å². The fourth-order valence-corrected chi connectivity index (χ4v) is 5.58. The van der Waals surface area contributed by atoms with E-state index in [4.69, 9.17) is 5.26 Å². The molecular weight excluding hydrogens is 446 g/mol. The van der Waals surface area contributed by atoms with Gasteiger partial charge < -0.3 is 10.2 Å². The molecule has 1 fully saturated rings. The molecule has 8 heteroatoms. The Balaban J connectivity index is 1.05. The molecule has 1 saturated heterocycles. The molecule has 2 aliphatic heterocycles. The summed E-state index contributed by atoms with van der Waals surface area (Å²) in [4.78, 5) is 32.4. The molecule has 2 aromatic heterocycles. The van der Waals surface area contributed by atoms with Crippen LogP contribution >= 0.6 is 11.8 Å². The van der Waals surface area contributed by atoms with Gasteiger partial charge in [-0.15, -0.1) is 0 Å². The molecule has 0 aliphatic carbocycles. The maximum atomic E-state index is 12.7. The number of nitrogens with zero attached hydrogens (tertiary/aromatic N) is 4. The second-order valence-electron chi connectivity index (χ2n) is 8.67. The highest BCUT2D eigenvalue weighted by molar-refractivity contribution is 8.04. The van der Waals surface area contributed by atoms with Crippen LogP contribution in [0.2, 0.25) is 0 Å². The Hall–Kier alpha value is -3.57. The Labute approximate surface area is 202 Å². The molecule has 1 aromatic carbocycles. The van der Waals surface area contributed by atoms with Gasteiger partial charge in [-0.2, -0.15) is 5.26 Å². The zero-order valence-electron chi connectivity index (χ0n) is 18.7. The lowest BCUT2D eigenvalue weighted by Crippen LogP contribution is -2.38. The van der Waals surface area contributed by atoms with Gasteiger partial charge in [0.1, 0.15) is 5.65 Å². The van der Waals surface area contributed by atoms with Crippen molar-refractivity contribution in [3.8, 4) is 6.07 Å². The van der Waals surface area contributed by atoms with Gasteiger partial charge in [-0.1, -0.05) is 17.8 Å². The normalized spacial score (nSPS) is 15.6. The summed E-state index contributed by atoms with van der Waals surface area (Å²) in [5.41, 5.74) is 3.01. The lowest BCUT2D eigenvalue weighted by Gasteiger charge is -2.32. The minimum Gasteiger partial charge on any atom is -0.352 e. The first kappa shape index (κ1) is 22.2. The van der Waals surface area contributed by atoms with E-state index >= 15 is 0 Å². The molecule has 0 unspecified atom stereocenters. The fraction of sp³-hybridized carbons (Fsp3) is 0.308. The molecule has 0 atom stereocenters. The molecule has 7 nitrogen and oxygen atoms in total. The molecule has 5 rings (SSSR count). The van der Waals surface area contributed by atoms with Crippen molar-refractivity contribution in [2.75, 3.05) is 19.6 Å². The lowest BCUT2D eigenvalue weighted by atomic mass is 9.92. The SMILES string of the molecule is N#Cc1ccc(C(=O)N2CCC(CCCNC(=O)C3=Cc4cnc5cccc(n45)S3)CC2)cc1. The molecule has 172 valence electrons. The van der Waals surface area contributed by atoms with Crippen LogP contribution in [0.1, 0.15) is 47.3 Å². The van der Waals surface area contributed by atoms with Crippen molar-refractivity contribution in [3.63, 3.8) is 0 Å². The van der Waals surface area contributed by atoms with Crippen molar-refractivity contribution in [2.24, 2.45) is 5.92 Å². The number of hydrogen-bond acceptors (Lipinski definition) is 5. The van der Waals surface area contributed by atoms with Crippen LogP contribution in [-0.2, 0) is 4.79 Å². The second-order valence-corrected chi connectivity index (χ2v) is 9.74. The fourth-order valence-electron chi connectivity index (χ4n) is 4.57. The summed E-state index contributed by atoms with van der Waals surface area (Å²) >= 11 is 1.47. The first-order valence-electron chi connectivity index (χ1n) is 11.6. The van der Waals surface area contributed by atoms with Crippen molar-refractivity contribution in [1.29, 1.82) is 5.26 Å². The third kappa shape index (κ3) is 4.57. The third-order valence-corrected chi connectivity index (χ3v) is 7.53. The number of carbonyl (C=O) groups is 2. The van der Waals surface area contributed by atoms with E-state index in [1.165, 1.54) is 11.8 Å². The Bertz CT molecular complexity index is 1300. The summed E-state index contributed by atoms with van der Waals surface area (Å²) in [5.74, 6) is 0.555. The summed E-state index contributed by atoms with van der Waals surface area (Å²) in [6, 6.07) is 14.8. The summed E-state index contributed by atoms with van der Waals surface area (Å²) in [6.07, 6.45) is 7.61. The molecule has 0 bridgehead atoms. The number of pyridine rings is 1. The number of amides is 2. The number of hydrogen-bond donors (Lipinski definition) is 1. The molecule has 2 amide bonds. The van der Waals surface area contributed by atoms with Crippen molar-refractivity contribution in [3.05, 3.63) is 70.4 Å². The molecule has 34 heavy (non-hydrogen) atoms. The van der Waals surface area contributed by atoms with Crippen LogP contribution in [0.5, 0.6) is 0 Å². The van der Waals surface area contributed by atoms with Gasteiger partial charge in [0, 0.05) is 25.2 Å². The number of likely N-dealkylation sites (tertiary alicyclic amines) is 1. The molecule has 3 aromatic rings. The summed E-state index contributed by atoms with van der Waals surface area (Å²) < 4.78 is 2.06. The first-order chi connectivity index (χ1) is 16.6. The number of benzene rings is 1. The Morgan fingerprint density at radius 1 is 1.15 bits per heavy atom. The first-order valence-corrected chi connectivity index (χ1v) is 12.4. The number of rotatable bonds is 6. The van der Waals surface area contributed by atoms with Crippen molar-refractivity contribution in [2.45, 2.75) is 30.7 Å². The largest absolute Gasteiger partial charge is 0.352 e. The topological polar surface area (TPSA) is 90.5 Å². The van der Waals surface area contributed by atoms with Gasteiger partial charge in [-0.05, 0) is 74.1 Å². The van der Waals surface area contributed by atoms with Crippen molar-refractivity contribution < 1.29 is 9.59 Å². The molecule has 4 heterocycles.